The molecule has 0 saturated carbocycles. The van der Waals surface area contributed by atoms with Crippen molar-refractivity contribution in [3.63, 3.8) is 0 Å². The number of aliphatic carboxylic acids is 1. The standard InChI is InChI=1S/C10H17NO3/c1-3-5-11-8(4-2)7(10(13)14)6-9(11)12/h7-8H,3-6H2,1-2H3,(H,13,14)/t7-,8+/m0/s1. The molecule has 0 radical (unpaired) electrons. The predicted octanol–water partition coefficient (Wildman–Crippen LogP) is 1.11. The maximum Gasteiger partial charge on any atom is 0.309 e. The van der Waals surface area contributed by atoms with Crippen molar-refractivity contribution in [2.24, 2.45) is 5.92 Å². The molecule has 1 N–H and O–H groups in total. The number of carbonyl (C=O) groups excluding carboxylic acids is 1. The third-order valence-electron chi connectivity index (χ3n) is 2.78. The van der Waals surface area contributed by atoms with Gasteiger partial charge in [-0.25, -0.2) is 0 Å². The van der Waals surface area contributed by atoms with Crippen molar-refractivity contribution in [2.75, 3.05) is 6.54 Å². The van der Waals surface area contributed by atoms with E-state index >= 15 is 0 Å². The lowest BCUT2D eigenvalue weighted by Gasteiger charge is -2.25. The molecule has 0 spiro atoms. The van der Waals surface area contributed by atoms with Crippen molar-refractivity contribution < 1.29 is 14.7 Å². The minimum absolute atomic E-state index is 0.00824. The van der Waals surface area contributed by atoms with Gasteiger partial charge in [-0.2, -0.15) is 0 Å². The third kappa shape index (κ3) is 1.89. The molecule has 1 fully saturated rings. The van der Waals surface area contributed by atoms with Gasteiger partial charge in [-0.05, 0) is 12.8 Å². The van der Waals surface area contributed by atoms with Gasteiger partial charge in [0, 0.05) is 19.0 Å². The fraction of sp³-hybridized carbons (Fsp3) is 0.800. The molecule has 0 aromatic carbocycles. The number of hydrogen-bond donors (Lipinski definition) is 1. The topological polar surface area (TPSA) is 57.6 Å². The predicted molar refractivity (Wildman–Crippen MR) is 51.8 cm³/mol. The molecule has 1 aliphatic rings. The highest BCUT2D eigenvalue weighted by atomic mass is 16.4. The van der Waals surface area contributed by atoms with Crippen molar-refractivity contribution in [1.29, 1.82) is 0 Å². The maximum atomic E-state index is 11.5. The van der Waals surface area contributed by atoms with Crippen LogP contribution in [0.3, 0.4) is 0 Å². The molecule has 0 aromatic rings. The number of carbonyl (C=O) groups is 2. The first-order chi connectivity index (χ1) is 6.61. The zero-order chi connectivity index (χ0) is 10.7. The summed E-state index contributed by atoms with van der Waals surface area (Å²) in [5, 5.41) is 8.94. The highest BCUT2D eigenvalue weighted by molar-refractivity contribution is 5.86. The largest absolute Gasteiger partial charge is 0.481 e. The maximum absolute atomic E-state index is 11.5. The lowest BCUT2D eigenvalue weighted by molar-refractivity contribution is -0.142. The summed E-state index contributed by atoms with van der Waals surface area (Å²) in [6, 6.07) is -0.0973. The number of nitrogens with zero attached hydrogens (tertiary/aromatic N) is 1. The molecule has 1 rings (SSSR count). The minimum atomic E-state index is -0.844. The van der Waals surface area contributed by atoms with Gasteiger partial charge in [0.15, 0.2) is 0 Å². The van der Waals surface area contributed by atoms with Crippen LogP contribution in [0.2, 0.25) is 0 Å². The van der Waals surface area contributed by atoms with E-state index in [1.807, 2.05) is 13.8 Å². The minimum Gasteiger partial charge on any atom is -0.481 e. The summed E-state index contributed by atoms with van der Waals surface area (Å²) in [7, 11) is 0. The number of carboxylic acids is 1. The number of likely N-dealkylation sites (tertiary alicyclic amines) is 1. The van der Waals surface area contributed by atoms with Gasteiger partial charge >= 0.3 is 5.97 Å². The summed E-state index contributed by atoms with van der Waals surface area (Å²) < 4.78 is 0. The van der Waals surface area contributed by atoms with Crippen molar-refractivity contribution in [1.82, 2.24) is 4.90 Å². The summed E-state index contributed by atoms with van der Waals surface area (Å²) in [5.41, 5.74) is 0. The second-order valence-corrected chi connectivity index (χ2v) is 3.71. The fourth-order valence-corrected chi connectivity index (χ4v) is 2.13. The molecule has 1 amide bonds. The van der Waals surface area contributed by atoms with Crippen molar-refractivity contribution in [3.8, 4) is 0 Å². The Morgan fingerprint density at radius 1 is 1.57 bits per heavy atom. The van der Waals surface area contributed by atoms with Crippen molar-refractivity contribution in [2.45, 2.75) is 39.2 Å². The average Bonchev–Trinajstić information content (AvgIpc) is 2.44. The second kappa shape index (κ2) is 4.44. The molecule has 14 heavy (non-hydrogen) atoms. The molecule has 1 aliphatic heterocycles. The van der Waals surface area contributed by atoms with Gasteiger partial charge in [0.1, 0.15) is 0 Å². The Labute approximate surface area is 83.9 Å². The van der Waals surface area contributed by atoms with Crippen LogP contribution in [0.4, 0.5) is 0 Å². The summed E-state index contributed by atoms with van der Waals surface area (Å²) in [6.07, 6.45) is 1.78. The first kappa shape index (κ1) is 11.0. The number of rotatable bonds is 4. The normalized spacial score (nSPS) is 27.0. The Hall–Kier alpha value is -1.06. The van der Waals surface area contributed by atoms with E-state index in [0.29, 0.717) is 6.54 Å². The fourth-order valence-electron chi connectivity index (χ4n) is 2.13. The Balaban J connectivity index is 2.77. The first-order valence-electron chi connectivity index (χ1n) is 5.14. The molecule has 2 atom stereocenters. The summed E-state index contributed by atoms with van der Waals surface area (Å²) in [4.78, 5) is 24.1. The molecule has 0 aliphatic carbocycles. The molecule has 1 saturated heterocycles. The van der Waals surface area contributed by atoms with E-state index in [0.717, 1.165) is 12.8 Å². The van der Waals surface area contributed by atoms with Crippen LogP contribution in [0.15, 0.2) is 0 Å². The summed E-state index contributed by atoms with van der Waals surface area (Å²) in [5.74, 6) is -1.35. The molecule has 0 bridgehead atoms. The lowest BCUT2D eigenvalue weighted by Crippen LogP contribution is -2.37. The van der Waals surface area contributed by atoms with Gasteiger partial charge in [0.05, 0.1) is 5.92 Å². The molecule has 4 nitrogen and oxygen atoms in total. The lowest BCUT2D eigenvalue weighted by atomic mass is 9.98. The van der Waals surface area contributed by atoms with Crippen LogP contribution >= 0.6 is 0 Å². The van der Waals surface area contributed by atoms with E-state index in [1.165, 1.54) is 0 Å². The van der Waals surface area contributed by atoms with E-state index in [9.17, 15) is 9.59 Å². The van der Waals surface area contributed by atoms with Crippen LogP contribution in [0.5, 0.6) is 0 Å². The molecule has 1 heterocycles. The van der Waals surface area contributed by atoms with E-state index in [-0.39, 0.29) is 18.4 Å². The highest BCUT2D eigenvalue weighted by Gasteiger charge is 2.41. The smallest absolute Gasteiger partial charge is 0.309 e. The van der Waals surface area contributed by atoms with Crippen LogP contribution in [-0.4, -0.2) is 34.5 Å². The van der Waals surface area contributed by atoms with Crippen molar-refractivity contribution in [3.05, 3.63) is 0 Å². The zero-order valence-electron chi connectivity index (χ0n) is 8.69. The summed E-state index contributed by atoms with van der Waals surface area (Å²) >= 11 is 0. The Kier molecular flexibility index (Phi) is 3.49. The molecule has 0 aromatic heterocycles. The molecule has 80 valence electrons. The van der Waals surface area contributed by atoms with Crippen LogP contribution in [0.1, 0.15) is 33.1 Å². The van der Waals surface area contributed by atoms with Gasteiger partial charge in [-0.15, -0.1) is 0 Å². The van der Waals surface area contributed by atoms with Gasteiger partial charge in [0.25, 0.3) is 0 Å². The first-order valence-corrected chi connectivity index (χ1v) is 5.14. The van der Waals surface area contributed by atoms with Crippen LogP contribution in [-0.2, 0) is 9.59 Å². The zero-order valence-corrected chi connectivity index (χ0v) is 8.69. The third-order valence-corrected chi connectivity index (χ3v) is 2.78. The van der Waals surface area contributed by atoms with Gasteiger partial charge in [0.2, 0.25) is 5.91 Å². The molecular weight excluding hydrogens is 182 g/mol. The van der Waals surface area contributed by atoms with Crippen molar-refractivity contribution >= 4 is 11.9 Å². The van der Waals surface area contributed by atoms with Gasteiger partial charge in [-0.3, -0.25) is 9.59 Å². The van der Waals surface area contributed by atoms with Gasteiger partial charge < -0.3 is 10.0 Å². The Bertz CT molecular complexity index is 240. The Morgan fingerprint density at radius 3 is 2.64 bits per heavy atom. The van der Waals surface area contributed by atoms with E-state index in [1.54, 1.807) is 4.90 Å². The SMILES string of the molecule is CCCN1C(=O)C[C@H](C(=O)O)[C@H]1CC. The van der Waals surface area contributed by atoms with Crippen LogP contribution in [0.25, 0.3) is 0 Å². The summed E-state index contributed by atoms with van der Waals surface area (Å²) in [6.45, 7) is 4.61. The number of carboxylic acid groups (broad SMARTS) is 1. The quantitative estimate of drug-likeness (QED) is 0.737. The van der Waals surface area contributed by atoms with Crippen LogP contribution in [0, 0.1) is 5.92 Å². The molecule has 4 heteroatoms. The Morgan fingerprint density at radius 2 is 2.21 bits per heavy atom. The van der Waals surface area contributed by atoms with E-state index in [4.69, 9.17) is 5.11 Å². The highest BCUT2D eigenvalue weighted by Crippen LogP contribution is 2.28. The number of hydrogen-bond acceptors (Lipinski definition) is 2. The number of amides is 1. The molecular formula is C10H17NO3. The molecule has 0 unspecified atom stereocenters. The monoisotopic (exact) mass is 199 g/mol. The van der Waals surface area contributed by atoms with E-state index < -0.39 is 11.9 Å². The van der Waals surface area contributed by atoms with Gasteiger partial charge in [-0.1, -0.05) is 13.8 Å². The van der Waals surface area contributed by atoms with Crippen LogP contribution < -0.4 is 0 Å². The van der Waals surface area contributed by atoms with E-state index in [2.05, 4.69) is 0 Å². The average molecular weight is 199 g/mol. The second-order valence-electron chi connectivity index (χ2n) is 3.71.